The summed E-state index contributed by atoms with van der Waals surface area (Å²) in [7, 11) is 0. The lowest BCUT2D eigenvalue weighted by Crippen LogP contribution is -2.65. The predicted molar refractivity (Wildman–Crippen MR) is 126 cm³/mol. The van der Waals surface area contributed by atoms with Gasteiger partial charge >= 0.3 is 0 Å². The van der Waals surface area contributed by atoms with Gasteiger partial charge in [0.15, 0.2) is 0 Å². The molecule has 0 aromatic carbocycles. The molecule has 0 radical (unpaired) electrons. The molecule has 10 atom stereocenters. The Morgan fingerprint density at radius 1 is 0.935 bits per heavy atom. The molecule has 0 heterocycles. The normalized spacial score (nSPS) is 49.4. The number of fused-ring (bicyclic) bond motifs is 5. The van der Waals surface area contributed by atoms with E-state index in [9.17, 15) is 15.3 Å². The van der Waals surface area contributed by atoms with Gasteiger partial charge < -0.3 is 15.3 Å². The third kappa shape index (κ3) is 3.49. The fraction of sp³-hybridized carbons (Fsp3) is 0.857. The maximum Gasteiger partial charge on any atom is 0.102 e. The summed E-state index contributed by atoms with van der Waals surface area (Å²) in [5.74, 6) is 3.37. The summed E-state index contributed by atoms with van der Waals surface area (Å²) in [4.78, 5) is 0. The number of allylic oxidation sites excluding steroid dienone is 3. The minimum atomic E-state index is -1.20. The van der Waals surface area contributed by atoms with Gasteiger partial charge in [0.1, 0.15) is 11.7 Å². The van der Waals surface area contributed by atoms with E-state index in [2.05, 4.69) is 53.7 Å². The first-order valence-electron chi connectivity index (χ1n) is 12.9. The third-order valence-corrected chi connectivity index (χ3v) is 10.7. The van der Waals surface area contributed by atoms with Crippen molar-refractivity contribution in [2.24, 2.45) is 46.3 Å². The van der Waals surface area contributed by atoms with E-state index in [-0.39, 0.29) is 10.8 Å². The highest BCUT2D eigenvalue weighted by Gasteiger charge is 2.64. The Morgan fingerprint density at radius 2 is 1.65 bits per heavy atom. The Bertz CT molecular complexity index is 741. The van der Waals surface area contributed by atoms with Crippen molar-refractivity contribution in [3.8, 4) is 0 Å². The fourth-order valence-electron chi connectivity index (χ4n) is 8.16. The van der Waals surface area contributed by atoms with Crippen LogP contribution in [-0.4, -0.2) is 33.1 Å². The van der Waals surface area contributed by atoms with Crippen LogP contribution in [0.5, 0.6) is 0 Å². The van der Waals surface area contributed by atoms with Gasteiger partial charge in [-0.1, -0.05) is 65.3 Å². The molecule has 0 aromatic rings. The topological polar surface area (TPSA) is 60.7 Å². The summed E-state index contributed by atoms with van der Waals surface area (Å²) >= 11 is 0. The van der Waals surface area contributed by atoms with Crippen molar-refractivity contribution in [1.29, 1.82) is 0 Å². The second-order valence-electron chi connectivity index (χ2n) is 12.5. The van der Waals surface area contributed by atoms with E-state index in [0.717, 1.165) is 19.3 Å². The fourth-order valence-corrected chi connectivity index (χ4v) is 8.16. The van der Waals surface area contributed by atoms with Crippen molar-refractivity contribution in [2.75, 3.05) is 0 Å². The van der Waals surface area contributed by atoms with Crippen LogP contribution >= 0.6 is 0 Å². The molecule has 0 aliphatic heterocycles. The zero-order valence-electron chi connectivity index (χ0n) is 20.6. The van der Waals surface area contributed by atoms with E-state index in [1.165, 1.54) is 24.8 Å². The first-order chi connectivity index (χ1) is 14.4. The standard InChI is InChI=1S/C28H46O3/c1-17(2)18(3)7-8-19(4)22-9-10-23-21-15-25(30)28(31)16-20(29)11-14-27(28,6)24(21)12-13-26(22,23)5/h7-8,15,17-20,22-25,29-31H,9-14,16H2,1-6H3/t18-,19+,20+,22+,23-,24-,25+,26+,27+,28+/m0/s1. The minimum absolute atomic E-state index is 0.271. The first kappa shape index (κ1) is 23.5. The van der Waals surface area contributed by atoms with E-state index in [1.54, 1.807) is 0 Å². The van der Waals surface area contributed by atoms with Gasteiger partial charge in [-0.05, 0) is 79.4 Å². The molecule has 3 saturated carbocycles. The molecule has 0 unspecified atom stereocenters. The Labute approximate surface area is 190 Å². The van der Waals surface area contributed by atoms with Gasteiger partial charge in [-0.3, -0.25) is 0 Å². The molecule has 3 fully saturated rings. The van der Waals surface area contributed by atoms with Gasteiger partial charge in [-0.2, -0.15) is 0 Å². The van der Waals surface area contributed by atoms with Crippen LogP contribution in [0.15, 0.2) is 23.8 Å². The van der Waals surface area contributed by atoms with Gasteiger partial charge in [0.25, 0.3) is 0 Å². The van der Waals surface area contributed by atoms with Crippen molar-refractivity contribution >= 4 is 0 Å². The van der Waals surface area contributed by atoms with Crippen LogP contribution in [0.2, 0.25) is 0 Å². The molecular weight excluding hydrogens is 384 g/mol. The molecule has 0 spiro atoms. The molecule has 3 heteroatoms. The van der Waals surface area contributed by atoms with E-state index in [4.69, 9.17) is 0 Å². The van der Waals surface area contributed by atoms with Crippen LogP contribution in [-0.2, 0) is 0 Å². The van der Waals surface area contributed by atoms with Crippen molar-refractivity contribution < 1.29 is 15.3 Å². The van der Waals surface area contributed by atoms with Crippen LogP contribution in [0.3, 0.4) is 0 Å². The molecule has 4 aliphatic rings. The second kappa shape index (κ2) is 7.99. The Hall–Kier alpha value is -0.640. The lowest BCUT2D eigenvalue weighted by atomic mass is 9.45. The third-order valence-electron chi connectivity index (χ3n) is 10.7. The molecule has 3 nitrogen and oxygen atoms in total. The summed E-state index contributed by atoms with van der Waals surface area (Å²) in [5.41, 5.74) is 0.160. The molecular formula is C28H46O3. The van der Waals surface area contributed by atoms with Crippen molar-refractivity contribution in [1.82, 2.24) is 0 Å². The van der Waals surface area contributed by atoms with E-state index in [0.29, 0.717) is 41.9 Å². The van der Waals surface area contributed by atoms with Crippen molar-refractivity contribution in [2.45, 2.75) is 104 Å². The molecule has 176 valence electrons. The van der Waals surface area contributed by atoms with Crippen LogP contribution < -0.4 is 0 Å². The summed E-state index contributed by atoms with van der Waals surface area (Å²) in [6, 6.07) is 0. The van der Waals surface area contributed by atoms with Gasteiger partial charge in [0.2, 0.25) is 0 Å². The number of aliphatic hydroxyl groups is 3. The predicted octanol–water partition coefficient (Wildman–Crippen LogP) is 5.50. The number of hydrogen-bond acceptors (Lipinski definition) is 3. The average molecular weight is 431 g/mol. The molecule has 3 N–H and O–H groups in total. The molecule has 0 amide bonds. The van der Waals surface area contributed by atoms with Crippen LogP contribution in [0, 0.1) is 46.3 Å². The number of aliphatic hydroxyl groups excluding tert-OH is 2. The van der Waals surface area contributed by atoms with Crippen molar-refractivity contribution in [3.63, 3.8) is 0 Å². The van der Waals surface area contributed by atoms with Crippen LogP contribution in [0.25, 0.3) is 0 Å². The number of hydrogen-bond donors (Lipinski definition) is 3. The highest BCUT2D eigenvalue weighted by atomic mass is 16.3. The van der Waals surface area contributed by atoms with Gasteiger partial charge in [-0.25, -0.2) is 0 Å². The van der Waals surface area contributed by atoms with E-state index < -0.39 is 17.8 Å². The van der Waals surface area contributed by atoms with Crippen molar-refractivity contribution in [3.05, 3.63) is 23.8 Å². The quantitative estimate of drug-likeness (QED) is 0.516. The van der Waals surface area contributed by atoms with Gasteiger partial charge in [0.05, 0.1) is 6.10 Å². The molecule has 31 heavy (non-hydrogen) atoms. The monoisotopic (exact) mass is 430 g/mol. The van der Waals surface area contributed by atoms with Crippen LogP contribution in [0.1, 0.15) is 86.5 Å². The summed E-state index contributed by atoms with van der Waals surface area (Å²) < 4.78 is 0. The summed E-state index contributed by atoms with van der Waals surface area (Å²) in [6.45, 7) is 14.0. The van der Waals surface area contributed by atoms with Gasteiger partial charge in [-0.15, -0.1) is 0 Å². The lowest BCUT2D eigenvalue weighted by molar-refractivity contribution is -0.210. The Kier molecular flexibility index (Phi) is 6.06. The molecule has 0 bridgehead atoms. The Morgan fingerprint density at radius 3 is 2.32 bits per heavy atom. The minimum Gasteiger partial charge on any atom is -0.393 e. The highest BCUT2D eigenvalue weighted by Crippen LogP contribution is 2.67. The lowest BCUT2D eigenvalue weighted by Gasteiger charge is -2.62. The SMILES string of the molecule is CC(C)[C@@H](C)C=C[C@@H](C)[C@H]1CC[C@H]2C3=C[C@@H](O)[C@]4(O)C[C@H](O)CC[C@]4(C)[C@H]3CC[C@]12C. The maximum atomic E-state index is 11.6. The first-order valence-corrected chi connectivity index (χ1v) is 12.9. The molecule has 0 aromatic heterocycles. The molecule has 4 rings (SSSR count). The smallest absolute Gasteiger partial charge is 0.102 e. The molecule has 0 saturated heterocycles. The average Bonchev–Trinajstić information content (AvgIpc) is 3.05. The maximum absolute atomic E-state index is 11.6. The summed E-state index contributed by atoms with van der Waals surface area (Å²) in [5, 5.41) is 32.9. The largest absolute Gasteiger partial charge is 0.393 e. The highest BCUT2D eigenvalue weighted by molar-refractivity contribution is 5.33. The second-order valence-corrected chi connectivity index (χ2v) is 12.5. The molecule has 4 aliphatic carbocycles. The van der Waals surface area contributed by atoms with Gasteiger partial charge in [0, 0.05) is 11.8 Å². The number of rotatable bonds is 4. The van der Waals surface area contributed by atoms with E-state index >= 15 is 0 Å². The van der Waals surface area contributed by atoms with E-state index in [1.807, 2.05) is 6.08 Å². The van der Waals surface area contributed by atoms with Crippen LogP contribution in [0.4, 0.5) is 0 Å². The Balaban J connectivity index is 1.61. The summed E-state index contributed by atoms with van der Waals surface area (Å²) in [6.07, 6.45) is 12.1. The zero-order valence-corrected chi connectivity index (χ0v) is 20.6. The zero-order chi connectivity index (χ0) is 22.8.